The first-order valence-electron chi connectivity index (χ1n) is 12.9. The van der Waals surface area contributed by atoms with Crippen molar-refractivity contribution in [3.63, 3.8) is 0 Å². The molecule has 4 aromatic rings. The number of carboxylic acid groups (broad SMARTS) is 1. The first kappa shape index (κ1) is 32.9. The molecule has 5 rings (SSSR count). The normalized spacial score (nSPS) is 14.0. The summed E-state index contributed by atoms with van der Waals surface area (Å²) in [5.74, 6) is -1.21. The smallest absolute Gasteiger partial charge is 0.300 e. The Morgan fingerprint density at radius 1 is 1.07 bits per heavy atom. The highest BCUT2D eigenvalue weighted by Gasteiger charge is 2.33. The number of carbonyl (C=O) groups is 2. The number of halogens is 1. The van der Waals surface area contributed by atoms with E-state index in [1.54, 1.807) is 10.8 Å². The molecule has 0 spiro atoms. The van der Waals surface area contributed by atoms with Crippen molar-refractivity contribution < 1.29 is 32.4 Å². The lowest BCUT2D eigenvalue weighted by molar-refractivity contribution is -0.134. The average molecular weight is 672 g/mol. The zero-order chi connectivity index (χ0) is 31.9. The fourth-order valence-electron chi connectivity index (χ4n) is 3.96. The van der Waals surface area contributed by atoms with Crippen molar-refractivity contribution in [1.82, 2.24) is 14.7 Å². The number of thioether (sulfide) groups is 1. The van der Waals surface area contributed by atoms with Crippen molar-refractivity contribution in [2.75, 3.05) is 12.3 Å². The molecular weight excluding hydrogens is 646 g/mol. The number of para-hydroxylation sites is 1. The third kappa shape index (κ3) is 9.00. The number of amides is 1. The second-order valence-electron chi connectivity index (χ2n) is 9.26. The van der Waals surface area contributed by atoms with Gasteiger partial charge in [0.05, 0.1) is 22.0 Å². The summed E-state index contributed by atoms with van der Waals surface area (Å²) in [5.41, 5.74) is 3.82. The molecule has 1 amide bonds. The van der Waals surface area contributed by atoms with Crippen molar-refractivity contribution in [2.24, 2.45) is 0 Å². The molecule has 2 heterocycles. The van der Waals surface area contributed by atoms with E-state index >= 15 is 0 Å². The number of carboxylic acids is 1. The van der Waals surface area contributed by atoms with E-state index in [4.69, 9.17) is 48.1 Å². The molecule has 3 aromatic carbocycles. The average Bonchev–Trinajstić information content (AvgIpc) is 3.51. The van der Waals surface area contributed by atoms with Crippen LogP contribution in [0.3, 0.4) is 0 Å². The lowest BCUT2D eigenvalue weighted by Gasteiger charge is -2.12. The van der Waals surface area contributed by atoms with Crippen molar-refractivity contribution in [2.45, 2.75) is 13.5 Å². The Kier molecular flexibility index (Phi) is 10.9. The van der Waals surface area contributed by atoms with Crippen LogP contribution < -0.4 is 4.74 Å². The fraction of sp³-hybridized carbons (Fsp3) is 0.133. The van der Waals surface area contributed by atoms with Crippen LogP contribution in [0.1, 0.15) is 18.1 Å². The van der Waals surface area contributed by atoms with Gasteiger partial charge in [-0.15, -0.1) is 0 Å². The van der Waals surface area contributed by atoms with Crippen LogP contribution in [0.2, 0.25) is 5.02 Å². The molecule has 0 bridgehead atoms. The van der Waals surface area contributed by atoms with Crippen LogP contribution in [-0.4, -0.2) is 61.3 Å². The molecule has 0 unspecified atom stereocenters. The van der Waals surface area contributed by atoms with Gasteiger partial charge in [0.1, 0.15) is 16.7 Å². The van der Waals surface area contributed by atoms with Crippen molar-refractivity contribution >= 4 is 68.0 Å². The summed E-state index contributed by atoms with van der Waals surface area (Å²) in [7, 11) is -4.24. The van der Waals surface area contributed by atoms with Crippen molar-refractivity contribution in [3.8, 4) is 22.7 Å². The van der Waals surface area contributed by atoms with E-state index in [9.17, 15) is 13.2 Å². The molecule has 0 atom stereocenters. The van der Waals surface area contributed by atoms with Crippen LogP contribution in [0.15, 0.2) is 90.0 Å². The molecule has 228 valence electrons. The topological polar surface area (TPSA) is 139 Å². The largest absolute Gasteiger partial charge is 0.489 e. The highest BCUT2D eigenvalue weighted by molar-refractivity contribution is 8.26. The van der Waals surface area contributed by atoms with Gasteiger partial charge in [0.25, 0.3) is 22.0 Å². The summed E-state index contributed by atoms with van der Waals surface area (Å²) in [4.78, 5) is 23.5. The summed E-state index contributed by atoms with van der Waals surface area (Å²) in [6.07, 6.45) is 3.51. The fourth-order valence-corrected chi connectivity index (χ4v) is 5.86. The van der Waals surface area contributed by atoms with Crippen LogP contribution in [-0.2, 0) is 26.3 Å². The maximum atomic E-state index is 13.0. The van der Waals surface area contributed by atoms with E-state index in [0.29, 0.717) is 33.5 Å². The minimum Gasteiger partial charge on any atom is -0.489 e. The number of hydrogen-bond donors (Lipinski definition) is 2. The molecule has 1 saturated heterocycles. The van der Waals surface area contributed by atoms with E-state index in [0.717, 1.165) is 35.5 Å². The molecule has 1 aromatic heterocycles. The Hall–Kier alpha value is -4.01. The first-order chi connectivity index (χ1) is 20.9. The standard InChI is InChI=1S/C28H22ClN3O5S3.C2H4O2/c29-24-9-5-4-6-20(24)18-37-23-12-10-19(11-13-23)26-21(17-32(30-26)22-7-2-1-3-8-22)16-25-27(33)31(28(38)39-25)14-15-40(34,35)36;1-2(3)4/h1-13,16-17H,14-15,18H2,(H,34,35,36);1H3,(H,3,4)/b25-16-;. The molecular formula is C30H26ClN3O7S3. The molecule has 14 heteroatoms. The van der Waals surface area contributed by atoms with E-state index in [2.05, 4.69) is 0 Å². The maximum Gasteiger partial charge on any atom is 0.300 e. The molecule has 1 fully saturated rings. The highest BCUT2D eigenvalue weighted by Crippen LogP contribution is 2.35. The number of hydrogen-bond acceptors (Lipinski definition) is 8. The van der Waals surface area contributed by atoms with Gasteiger partial charge in [-0.2, -0.15) is 13.5 Å². The SMILES string of the molecule is CC(=O)O.O=C1/C(=C/c2cn(-c3ccccc3)nc2-c2ccc(OCc3ccccc3Cl)cc2)SC(=S)N1CCS(=O)(=O)O. The zero-order valence-electron chi connectivity index (χ0n) is 23.2. The van der Waals surface area contributed by atoms with E-state index < -0.39 is 27.7 Å². The Morgan fingerprint density at radius 3 is 2.34 bits per heavy atom. The van der Waals surface area contributed by atoms with Gasteiger partial charge >= 0.3 is 0 Å². The summed E-state index contributed by atoms with van der Waals surface area (Å²) >= 11 is 12.6. The van der Waals surface area contributed by atoms with Crippen molar-refractivity contribution in [3.05, 3.63) is 106 Å². The van der Waals surface area contributed by atoms with E-state index in [1.807, 2.05) is 85.1 Å². The second-order valence-corrected chi connectivity index (χ2v) is 12.9. The Labute approximate surface area is 268 Å². The molecule has 44 heavy (non-hydrogen) atoms. The quantitative estimate of drug-likeness (QED) is 0.125. The molecule has 0 aliphatic carbocycles. The Balaban J connectivity index is 0.00000104. The van der Waals surface area contributed by atoms with Gasteiger partial charge in [-0.05, 0) is 48.5 Å². The summed E-state index contributed by atoms with van der Waals surface area (Å²) < 4.78 is 39.3. The summed E-state index contributed by atoms with van der Waals surface area (Å²) in [6.45, 7) is 1.18. The number of ether oxygens (including phenoxy) is 1. The third-order valence-corrected chi connectivity index (χ3v) is 8.42. The Morgan fingerprint density at radius 2 is 1.70 bits per heavy atom. The number of aliphatic carboxylic acids is 1. The summed E-state index contributed by atoms with van der Waals surface area (Å²) in [5, 5.41) is 12.8. The monoisotopic (exact) mass is 671 g/mol. The van der Waals surface area contributed by atoms with Gasteiger partial charge in [0.2, 0.25) is 0 Å². The van der Waals surface area contributed by atoms with E-state index in [-0.39, 0.29) is 10.9 Å². The minimum absolute atomic E-state index is 0.219. The number of aromatic nitrogens is 2. The van der Waals surface area contributed by atoms with E-state index in [1.165, 1.54) is 4.90 Å². The molecule has 1 aliphatic rings. The Bertz CT molecular complexity index is 1810. The molecule has 0 saturated carbocycles. The van der Waals surface area contributed by atoms with Crippen LogP contribution in [0, 0.1) is 0 Å². The first-order valence-corrected chi connectivity index (χ1v) is 16.1. The minimum atomic E-state index is -4.24. The molecule has 1 aliphatic heterocycles. The van der Waals surface area contributed by atoms with Gasteiger partial charge in [-0.3, -0.25) is 19.0 Å². The predicted molar refractivity (Wildman–Crippen MR) is 174 cm³/mol. The van der Waals surface area contributed by atoms with Gasteiger partial charge in [-0.25, -0.2) is 4.68 Å². The zero-order valence-corrected chi connectivity index (χ0v) is 26.4. The van der Waals surface area contributed by atoms with Gasteiger partial charge in [0, 0.05) is 41.4 Å². The van der Waals surface area contributed by atoms with Gasteiger partial charge in [0.15, 0.2) is 0 Å². The lowest BCUT2D eigenvalue weighted by Crippen LogP contribution is -2.32. The number of benzene rings is 3. The molecule has 0 radical (unpaired) electrons. The molecule has 2 N–H and O–H groups in total. The predicted octanol–water partition coefficient (Wildman–Crippen LogP) is 5.95. The van der Waals surface area contributed by atoms with Crippen LogP contribution in [0.5, 0.6) is 5.75 Å². The summed E-state index contributed by atoms with van der Waals surface area (Å²) in [6, 6.07) is 24.5. The number of carbonyl (C=O) groups excluding carboxylic acids is 1. The maximum absolute atomic E-state index is 13.0. The van der Waals surface area contributed by atoms with Gasteiger partial charge in [-0.1, -0.05) is 72.0 Å². The van der Waals surface area contributed by atoms with Crippen molar-refractivity contribution in [1.29, 1.82) is 0 Å². The van der Waals surface area contributed by atoms with Gasteiger partial charge < -0.3 is 9.84 Å². The van der Waals surface area contributed by atoms with Crippen LogP contribution >= 0.6 is 35.6 Å². The van der Waals surface area contributed by atoms with Crippen LogP contribution in [0.4, 0.5) is 0 Å². The number of nitrogens with zero attached hydrogens (tertiary/aromatic N) is 3. The third-order valence-electron chi connectivity index (χ3n) is 5.98. The number of rotatable bonds is 9. The highest BCUT2D eigenvalue weighted by atomic mass is 35.5. The number of thiocarbonyl (C=S) groups is 1. The lowest BCUT2D eigenvalue weighted by atomic mass is 10.1. The molecule has 10 nitrogen and oxygen atoms in total. The van der Waals surface area contributed by atoms with Crippen LogP contribution in [0.25, 0.3) is 23.0 Å². The second kappa shape index (κ2) is 14.6.